The number of nitrogens with zero attached hydrogens (tertiary/aromatic N) is 2. The number of thiazole rings is 1. The van der Waals surface area contributed by atoms with Crippen LogP contribution in [0.1, 0.15) is 24.8 Å². The Hall–Kier alpha value is -0.980. The fraction of sp³-hybridized carbons (Fsp3) is 0.636. The molecular weight excluding hydrogens is 238 g/mol. The number of morpholine rings is 1. The molecule has 1 atom stereocenters. The molecule has 0 aromatic carbocycles. The van der Waals surface area contributed by atoms with Crippen LogP contribution in [0.4, 0.5) is 5.13 Å². The molecule has 0 saturated carbocycles. The van der Waals surface area contributed by atoms with Crippen molar-refractivity contribution in [1.29, 1.82) is 0 Å². The quantitative estimate of drug-likeness (QED) is 0.889. The van der Waals surface area contributed by atoms with E-state index in [1.807, 2.05) is 6.20 Å². The van der Waals surface area contributed by atoms with Gasteiger partial charge >= 0.3 is 0 Å². The summed E-state index contributed by atoms with van der Waals surface area (Å²) in [7, 11) is 0. The molecular formula is C11H17N3O2S. The monoisotopic (exact) mass is 255 g/mol. The van der Waals surface area contributed by atoms with Gasteiger partial charge in [-0.15, -0.1) is 11.3 Å². The lowest BCUT2D eigenvalue weighted by atomic mass is 10.2. The molecule has 0 spiro atoms. The second kappa shape index (κ2) is 5.57. The highest BCUT2D eigenvalue weighted by Gasteiger charge is 2.20. The Labute approximate surface area is 105 Å². The van der Waals surface area contributed by atoms with Crippen LogP contribution >= 0.6 is 11.3 Å². The summed E-state index contributed by atoms with van der Waals surface area (Å²) in [5.41, 5.74) is 0. The first-order valence-electron chi connectivity index (χ1n) is 5.72. The number of carbonyl (C=O) groups is 1. The summed E-state index contributed by atoms with van der Waals surface area (Å²) < 4.78 is 5.33. The summed E-state index contributed by atoms with van der Waals surface area (Å²) in [4.78, 5) is 18.7. The second-order valence-electron chi connectivity index (χ2n) is 4.07. The van der Waals surface area contributed by atoms with Gasteiger partial charge in [0, 0.05) is 37.1 Å². The molecule has 94 valence electrons. The van der Waals surface area contributed by atoms with Crippen molar-refractivity contribution in [2.24, 2.45) is 0 Å². The summed E-state index contributed by atoms with van der Waals surface area (Å²) >= 11 is 1.54. The van der Waals surface area contributed by atoms with Gasteiger partial charge in [0.25, 0.3) is 0 Å². The molecule has 1 amide bonds. The predicted molar refractivity (Wildman–Crippen MR) is 67.2 cm³/mol. The number of ether oxygens (including phenoxy) is 1. The largest absolute Gasteiger partial charge is 0.379 e. The van der Waals surface area contributed by atoms with Crippen molar-refractivity contribution < 1.29 is 9.53 Å². The van der Waals surface area contributed by atoms with Crippen molar-refractivity contribution in [2.75, 3.05) is 31.6 Å². The molecule has 1 aliphatic rings. The number of nitrogens with one attached hydrogen (secondary N) is 1. The summed E-state index contributed by atoms with van der Waals surface area (Å²) in [6, 6.07) is 0.332. The molecule has 17 heavy (non-hydrogen) atoms. The zero-order valence-electron chi connectivity index (χ0n) is 10.1. The fourth-order valence-electron chi connectivity index (χ4n) is 1.83. The Morgan fingerprint density at radius 1 is 1.59 bits per heavy atom. The zero-order valence-corrected chi connectivity index (χ0v) is 10.9. The minimum Gasteiger partial charge on any atom is -0.379 e. The lowest BCUT2D eigenvalue weighted by Gasteiger charge is -2.31. The van der Waals surface area contributed by atoms with Crippen molar-refractivity contribution in [3.8, 4) is 0 Å². The van der Waals surface area contributed by atoms with E-state index in [0.717, 1.165) is 26.3 Å². The molecule has 1 aliphatic heterocycles. The maximum absolute atomic E-state index is 10.9. The molecule has 0 bridgehead atoms. The summed E-state index contributed by atoms with van der Waals surface area (Å²) in [6.07, 6.45) is 1.84. The van der Waals surface area contributed by atoms with Gasteiger partial charge in [-0.25, -0.2) is 4.98 Å². The molecule has 2 rings (SSSR count). The van der Waals surface area contributed by atoms with Gasteiger partial charge < -0.3 is 10.1 Å². The van der Waals surface area contributed by atoms with Crippen molar-refractivity contribution >= 4 is 22.4 Å². The number of rotatable bonds is 3. The van der Waals surface area contributed by atoms with Crippen molar-refractivity contribution in [1.82, 2.24) is 9.88 Å². The Kier molecular flexibility index (Phi) is 4.09. The minimum absolute atomic E-state index is 0.0788. The van der Waals surface area contributed by atoms with Gasteiger partial charge in [-0.1, -0.05) is 0 Å². The average Bonchev–Trinajstić information content (AvgIpc) is 2.77. The van der Waals surface area contributed by atoms with E-state index in [1.54, 1.807) is 0 Å². The maximum Gasteiger partial charge on any atom is 0.223 e. The highest BCUT2D eigenvalue weighted by Crippen LogP contribution is 2.28. The molecule has 1 unspecified atom stereocenters. The lowest BCUT2D eigenvalue weighted by molar-refractivity contribution is -0.114. The van der Waals surface area contributed by atoms with Gasteiger partial charge in [0.05, 0.1) is 13.2 Å². The number of amides is 1. The standard InChI is InChI=1S/C11H17N3O2S/c1-8(14-3-5-16-6-4-14)10-7-12-11(17-10)13-9(2)15/h7-8H,3-6H2,1-2H3,(H,12,13,15). The summed E-state index contributed by atoms with van der Waals surface area (Å²) in [5, 5.41) is 3.38. The van der Waals surface area contributed by atoms with Gasteiger partial charge in [-0.2, -0.15) is 0 Å². The minimum atomic E-state index is -0.0788. The first-order valence-corrected chi connectivity index (χ1v) is 6.53. The smallest absolute Gasteiger partial charge is 0.223 e. The van der Waals surface area contributed by atoms with E-state index in [4.69, 9.17) is 4.74 Å². The summed E-state index contributed by atoms with van der Waals surface area (Å²) in [6.45, 7) is 7.15. The topological polar surface area (TPSA) is 54.5 Å². The van der Waals surface area contributed by atoms with Crippen LogP contribution in [0.5, 0.6) is 0 Å². The first-order chi connectivity index (χ1) is 8.16. The van der Waals surface area contributed by atoms with Crippen LogP contribution < -0.4 is 5.32 Å². The SMILES string of the molecule is CC(=O)Nc1ncc(C(C)N2CCOCC2)s1. The first kappa shape index (κ1) is 12.5. The second-order valence-corrected chi connectivity index (χ2v) is 5.14. The molecule has 1 saturated heterocycles. The number of hydrogen-bond acceptors (Lipinski definition) is 5. The Morgan fingerprint density at radius 2 is 2.29 bits per heavy atom. The number of hydrogen-bond donors (Lipinski definition) is 1. The van der Waals surface area contributed by atoms with E-state index < -0.39 is 0 Å². The van der Waals surface area contributed by atoms with E-state index in [0.29, 0.717) is 11.2 Å². The lowest BCUT2D eigenvalue weighted by Crippen LogP contribution is -2.37. The van der Waals surface area contributed by atoms with Crippen molar-refractivity contribution in [2.45, 2.75) is 19.9 Å². The third-order valence-electron chi connectivity index (χ3n) is 2.81. The average molecular weight is 255 g/mol. The Balaban J connectivity index is 2.00. The molecule has 0 aliphatic carbocycles. The Morgan fingerprint density at radius 3 is 2.94 bits per heavy atom. The van der Waals surface area contributed by atoms with Gasteiger partial charge in [-0.05, 0) is 6.92 Å². The zero-order chi connectivity index (χ0) is 12.3. The number of carbonyl (C=O) groups excluding carboxylic acids is 1. The molecule has 1 fully saturated rings. The molecule has 5 nitrogen and oxygen atoms in total. The number of aromatic nitrogens is 1. The third-order valence-corrected chi connectivity index (χ3v) is 3.89. The third kappa shape index (κ3) is 3.24. The van der Waals surface area contributed by atoms with E-state index in [2.05, 4.69) is 22.1 Å². The highest BCUT2D eigenvalue weighted by molar-refractivity contribution is 7.15. The molecule has 1 aromatic rings. The van der Waals surface area contributed by atoms with Crippen molar-refractivity contribution in [3.63, 3.8) is 0 Å². The van der Waals surface area contributed by atoms with Crippen LogP contribution in [0, 0.1) is 0 Å². The van der Waals surface area contributed by atoms with Crippen molar-refractivity contribution in [3.05, 3.63) is 11.1 Å². The van der Waals surface area contributed by atoms with Crippen LogP contribution in [0.3, 0.4) is 0 Å². The van der Waals surface area contributed by atoms with Crippen LogP contribution in [0.2, 0.25) is 0 Å². The van der Waals surface area contributed by atoms with E-state index in [9.17, 15) is 4.79 Å². The fourth-order valence-corrected chi connectivity index (χ4v) is 2.78. The normalized spacial score (nSPS) is 18.9. The van der Waals surface area contributed by atoms with Crippen LogP contribution in [-0.2, 0) is 9.53 Å². The predicted octanol–water partition coefficient (Wildman–Crippen LogP) is 1.49. The molecule has 2 heterocycles. The van der Waals surface area contributed by atoms with Crippen LogP contribution in [0.15, 0.2) is 6.20 Å². The highest BCUT2D eigenvalue weighted by atomic mass is 32.1. The van der Waals surface area contributed by atoms with Crippen LogP contribution in [0.25, 0.3) is 0 Å². The van der Waals surface area contributed by atoms with Gasteiger partial charge in [-0.3, -0.25) is 9.69 Å². The van der Waals surface area contributed by atoms with Gasteiger partial charge in [0.15, 0.2) is 5.13 Å². The van der Waals surface area contributed by atoms with Gasteiger partial charge in [0.2, 0.25) is 5.91 Å². The van der Waals surface area contributed by atoms with E-state index >= 15 is 0 Å². The molecule has 1 aromatic heterocycles. The van der Waals surface area contributed by atoms with Crippen LogP contribution in [-0.4, -0.2) is 42.1 Å². The summed E-state index contributed by atoms with van der Waals surface area (Å²) in [5.74, 6) is -0.0788. The Bertz CT molecular complexity index is 388. The molecule has 0 radical (unpaired) electrons. The molecule has 1 N–H and O–H groups in total. The van der Waals surface area contributed by atoms with E-state index in [1.165, 1.54) is 23.1 Å². The number of anilines is 1. The maximum atomic E-state index is 10.9. The van der Waals surface area contributed by atoms with E-state index in [-0.39, 0.29) is 5.91 Å². The van der Waals surface area contributed by atoms with Gasteiger partial charge in [0.1, 0.15) is 0 Å². The molecule has 6 heteroatoms.